The van der Waals surface area contributed by atoms with E-state index >= 15 is 0 Å². The molecule has 0 radical (unpaired) electrons. The highest BCUT2D eigenvalue weighted by molar-refractivity contribution is 5.98. The molecule has 1 aromatic carbocycles. The summed E-state index contributed by atoms with van der Waals surface area (Å²) in [7, 11) is 1.32. The quantitative estimate of drug-likeness (QED) is 0.583. The van der Waals surface area contributed by atoms with E-state index in [4.69, 9.17) is 0 Å². The van der Waals surface area contributed by atoms with E-state index in [2.05, 4.69) is 4.74 Å². The van der Waals surface area contributed by atoms with Crippen LogP contribution in [0.3, 0.4) is 0 Å². The molecule has 88 valence electrons. The van der Waals surface area contributed by atoms with Crippen molar-refractivity contribution in [3.05, 3.63) is 35.4 Å². The third-order valence-electron chi connectivity index (χ3n) is 1.93. The number of hydrogen-bond acceptors (Lipinski definition) is 3. The van der Waals surface area contributed by atoms with Crippen molar-refractivity contribution in [1.82, 2.24) is 0 Å². The van der Waals surface area contributed by atoms with Crippen LogP contribution in [0.25, 0.3) is 0 Å². The summed E-state index contributed by atoms with van der Waals surface area (Å²) >= 11 is 0. The van der Waals surface area contributed by atoms with Gasteiger partial charge in [0.25, 0.3) is 0 Å². The van der Waals surface area contributed by atoms with E-state index < -0.39 is 5.97 Å². The number of methoxy groups -OCH3 is 1. The van der Waals surface area contributed by atoms with E-state index in [9.17, 15) is 9.59 Å². The van der Waals surface area contributed by atoms with Gasteiger partial charge in [-0.2, -0.15) is 0 Å². The molecule has 0 amide bonds. The number of hydrogen-bond donors (Lipinski definition) is 0. The van der Waals surface area contributed by atoms with Crippen LogP contribution in [-0.4, -0.2) is 18.9 Å². The summed E-state index contributed by atoms with van der Waals surface area (Å²) in [6.07, 6.45) is 0.435. The molecule has 1 aromatic rings. The zero-order valence-electron chi connectivity index (χ0n) is 10.2. The third kappa shape index (κ3) is 3.85. The van der Waals surface area contributed by atoms with Gasteiger partial charge >= 0.3 is 5.97 Å². The van der Waals surface area contributed by atoms with Gasteiger partial charge < -0.3 is 4.74 Å². The van der Waals surface area contributed by atoms with Gasteiger partial charge in [0.05, 0.1) is 12.7 Å². The summed E-state index contributed by atoms with van der Waals surface area (Å²) in [5, 5.41) is 0. The number of ketones is 1. The molecule has 0 aromatic heterocycles. The van der Waals surface area contributed by atoms with Crippen LogP contribution in [0, 0.1) is 0 Å². The summed E-state index contributed by atoms with van der Waals surface area (Å²) in [5.74, 6) is -0.397. The maximum absolute atomic E-state index is 11.3. The van der Waals surface area contributed by atoms with Crippen molar-refractivity contribution >= 4 is 11.8 Å². The molecule has 1 rings (SSSR count). The summed E-state index contributed by atoms with van der Waals surface area (Å²) in [4.78, 5) is 22.5. The monoisotopic (exact) mass is 222 g/mol. The average molecular weight is 222 g/mol. The minimum Gasteiger partial charge on any atom is -0.465 e. The first kappa shape index (κ1) is 14.4. The van der Waals surface area contributed by atoms with Crippen LogP contribution in [0.4, 0.5) is 0 Å². The number of benzene rings is 1. The molecule has 0 saturated carbocycles. The van der Waals surface area contributed by atoms with Crippen molar-refractivity contribution in [3.63, 3.8) is 0 Å². The number of carbonyl (C=O) groups is 2. The van der Waals surface area contributed by atoms with Crippen molar-refractivity contribution in [2.45, 2.75) is 27.2 Å². The van der Waals surface area contributed by atoms with E-state index in [0.717, 1.165) is 0 Å². The predicted molar refractivity (Wildman–Crippen MR) is 63.8 cm³/mol. The van der Waals surface area contributed by atoms with Crippen molar-refractivity contribution in [1.29, 1.82) is 0 Å². The Labute approximate surface area is 96.4 Å². The fourth-order valence-electron chi connectivity index (χ4n) is 1.14. The van der Waals surface area contributed by atoms with Gasteiger partial charge in [0.2, 0.25) is 0 Å². The van der Waals surface area contributed by atoms with Crippen LogP contribution in [0.1, 0.15) is 47.9 Å². The second-order valence-electron chi connectivity index (χ2n) is 2.85. The van der Waals surface area contributed by atoms with Crippen molar-refractivity contribution in [2.75, 3.05) is 7.11 Å². The SMILES string of the molecule is CC.CCC(=O)c1cccc(C(=O)OC)c1. The maximum atomic E-state index is 11.3. The lowest BCUT2D eigenvalue weighted by molar-refractivity contribution is 0.0600. The Morgan fingerprint density at radius 3 is 2.25 bits per heavy atom. The topological polar surface area (TPSA) is 43.4 Å². The molecule has 0 atom stereocenters. The van der Waals surface area contributed by atoms with Gasteiger partial charge in [0, 0.05) is 12.0 Å². The molecule has 0 bridgehead atoms. The fourth-order valence-corrected chi connectivity index (χ4v) is 1.14. The second-order valence-corrected chi connectivity index (χ2v) is 2.85. The van der Waals surface area contributed by atoms with Gasteiger partial charge in [-0.05, 0) is 12.1 Å². The van der Waals surface area contributed by atoms with Crippen molar-refractivity contribution < 1.29 is 14.3 Å². The van der Waals surface area contributed by atoms with Crippen LogP contribution >= 0.6 is 0 Å². The van der Waals surface area contributed by atoms with E-state index in [1.54, 1.807) is 31.2 Å². The zero-order chi connectivity index (χ0) is 12.6. The van der Waals surface area contributed by atoms with Crippen molar-refractivity contribution in [3.8, 4) is 0 Å². The average Bonchev–Trinajstić information content (AvgIpc) is 2.39. The van der Waals surface area contributed by atoms with Crippen LogP contribution in [0.2, 0.25) is 0 Å². The first-order valence-electron chi connectivity index (χ1n) is 5.40. The van der Waals surface area contributed by atoms with Gasteiger partial charge in [0.1, 0.15) is 0 Å². The molecular weight excluding hydrogens is 204 g/mol. The predicted octanol–water partition coefficient (Wildman–Crippen LogP) is 3.09. The molecular formula is C13H18O3. The van der Waals surface area contributed by atoms with Crippen molar-refractivity contribution in [2.24, 2.45) is 0 Å². The minimum absolute atomic E-state index is 0.0238. The molecule has 0 saturated heterocycles. The summed E-state index contributed by atoms with van der Waals surface area (Å²) in [6.45, 7) is 5.78. The highest BCUT2D eigenvalue weighted by Crippen LogP contribution is 2.08. The highest BCUT2D eigenvalue weighted by Gasteiger charge is 2.08. The lowest BCUT2D eigenvalue weighted by Crippen LogP contribution is -2.04. The first-order valence-corrected chi connectivity index (χ1v) is 5.40. The number of Topliss-reactive ketones (excluding diaryl/α,β-unsaturated/α-hetero) is 1. The standard InChI is InChI=1S/C11H12O3.C2H6/c1-3-10(12)8-5-4-6-9(7-8)11(13)14-2;1-2/h4-7H,3H2,1-2H3;1-2H3. The molecule has 0 heterocycles. The Kier molecular flexibility index (Phi) is 6.84. The Morgan fingerprint density at radius 1 is 1.19 bits per heavy atom. The van der Waals surface area contributed by atoms with E-state index in [1.165, 1.54) is 7.11 Å². The Morgan fingerprint density at radius 2 is 1.75 bits per heavy atom. The minimum atomic E-state index is -0.421. The summed E-state index contributed by atoms with van der Waals surface area (Å²) in [6, 6.07) is 6.54. The molecule has 0 aliphatic carbocycles. The van der Waals surface area contributed by atoms with E-state index in [-0.39, 0.29) is 5.78 Å². The van der Waals surface area contributed by atoms with Gasteiger partial charge in [-0.1, -0.05) is 32.9 Å². The van der Waals surface area contributed by atoms with Gasteiger partial charge in [-0.15, -0.1) is 0 Å². The smallest absolute Gasteiger partial charge is 0.337 e. The maximum Gasteiger partial charge on any atom is 0.337 e. The summed E-state index contributed by atoms with van der Waals surface area (Å²) in [5.41, 5.74) is 0.960. The van der Waals surface area contributed by atoms with Gasteiger partial charge in [0.15, 0.2) is 5.78 Å². The second kappa shape index (κ2) is 7.63. The Hall–Kier alpha value is -1.64. The third-order valence-corrected chi connectivity index (χ3v) is 1.93. The number of rotatable bonds is 3. The Balaban J connectivity index is 0.00000106. The van der Waals surface area contributed by atoms with Gasteiger partial charge in [-0.25, -0.2) is 4.79 Å². The molecule has 16 heavy (non-hydrogen) atoms. The van der Waals surface area contributed by atoms with Crippen LogP contribution in [0.5, 0.6) is 0 Å². The fraction of sp³-hybridized carbons (Fsp3) is 0.385. The zero-order valence-corrected chi connectivity index (χ0v) is 10.2. The van der Waals surface area contributed by atoms with Crippen LogP contribution in [0.15, 0.2) is 24.3 Å². The molecule has 0 N–H and O–H groups in total. The lowest BCUT2D eigenvalue weighted by Gasteiger charge is -2.01. The normalized spacial score (nSPS) is 8.75. The Bertz CT molecular complexity index is 325. The molecule has 0 aliphatic rings. The summed E-state index contributed by atoms with van der Waals surface area (Å²) < 4.78 is 4.55. The molecule has 0 aliphatic heterocycles. The molecule has 0 spiro atoms. The lowest BCUT2D eigenvalue weighted by atomic mass is 10.1. The molecule has 0 unspecified atom stereocenters. The molecule has 3 heteroatoms. The van der Waals surface area contributed by atoms with E-state index in [1.807, 2.05) is 13.8 Å². The number of ether oxygens (including phenoxy) is 1. The van der Waals surface area contributed by atoms with Crippen LogP contribution < -0.4 is 0 Å². The van der Waals surface area contributed by atoms with E-state index in [0.29, 0.717) is 17.5 Å². The van der Waals surface area contributed by atoms with Crippen LogP contribution in [-0.2, 0) is 4.74 Å². The number of carbonyl (C=O) groups excluding carboxylic acids is 2. The molecule has 3 nitrogen and oxygen atoms in total. The first-order chi connectivity index (χ1) is 7.69. The van der Waals surface area contributed by atoms with Gasteiger partial charge in [-0.3, -0.25) is 4.79 Å². The largest absolute Gasteiger partial charge is 0.465 e. The number of esters is 1. The molecule has 0 fully saturated rings. The highest BCUT2D eigenvalue weighted by atomic mass is 16.5.